The van der Waals surface area contributed by atoms with Gasteiger partial charge in [-0.05, 0) is 70.9 Å². The molecule has 0 spiro atoms. The third-order valence-electron chi connectivity index (χ3n) is 5.57. The van der Waals surface area contributed by atoms with E-state index in [1.807, 2.05) is 22.8 Å². The molecule has 1 aliphatic rings. The first-order chi connectivity index (χ1) is 13.9. The molecule has 1 aliphatic heterocycles. The minimum absolute atomic E-state index is 0.186. The number of hydrogen-bond acceptors (Lipinski definition) is 5. The number of likely N-dealkylation sites (tertiary alicyclic amines) is 1. The van der Waals surface area contributed by atoms with E-state index in [1.54, 1.807) is 6.20 Å². The highest BCUT2D eigenvalue weighted by atomic mass is 32.2. The van der Waals surface area contributed by atoms with Crippen molar-refractivity contribution in [2.45, 2.75) is 50.4 Å². The van der Waals surface area contributed by atoms with Crippen LogP contribution in [0.5, 0.6) is 0 Å². The Balaban J connectivity index is 1.58. The zero-order valence-electron chi connectivity index (χ0n) is 17.8. The maximum atomic E-state index is 12.2. The summed E-state index contributed by atoms with van der Waals surface area (Å²) in [6, 6.07) is 10.3. The second-order valence-electron chi connectivity index (χ2n) is 8.19. The monoisotopic (exact) mass is 418 g/mol. The third-order valence-corrected chi connectivity index (χ3v) is 6.56. The predicted molar refractivity (Wildman–Crippen MR) is 117 cm³/mol. The molecule has 0 unspecified atom stereocenters. The van der Waals surface area contributed by atoms with Gasteiger partial charge in [0.2, 0.25) is 15.0 Å². The number of nitrogens with zero attached hydrogens (tertiary/aromatic N) is 4. The lowest BCUT2D eigenvalue weighted by atomic mass is 10.1. The Labute approximate surface area is 175 Å². The van der Waals surface area contributed by atoms with E-state index in [1.165, 1.54) is 37.8 Å². The van der Waals surface area contributed by atoms with Gasteiger partial charge in [-0.3, -0.25) is 0 Å². The fraction of sp³-hybridized carbons (Fsp3) is 0.591. The molecule has 0 N–H and O–H groups in total. The second-order valence-corrected chi connectivity index (χ2v) is 10.1. The normalized spacial score (nSPS) is 15.4. The summed E-state index contributed by atoms with van der Waals surface area (Å²) < 4.78 is 26.3. The van der Waals surface area contributed by atoms with Crippen molar-refractivity contribution in [1.29, 1.82) is 0 Å². The van der Waals surface area contributed by atoms with E-state index in [0.717, 1.165) is 38.0 Å². The predicted octanol–water partition coefficient (Wildman–Crippen LogP) is 2.84. The molecule has 0 saturated carbocycles. The van der Waals surface area contributed by atoms with Crippen molar-refractivity contribution in [3.63, 3.8) is 0 Å². The summed E-state index contributed by atoms with van der Waals surface area (Å²) in [5, 5.41) is 0.186. The molecule has 160 valence electrons. The van der Waals surface area contributed by atoms with E-state index in [0.29, 0.717) is 13.1 Å². The Bertz CT molecular complexity index is 858. The van der Waals surface area contributed by atoms with Crippen LogP contribution in [0.1, 0.15) is 36.9 Å². The summed E-state index contributed by atoms with van der Waals surface area (Å²) in [5.41, 5.74) is 2.25. The lowest BCUT2D eigenvalue weighted by molar-refractivity contribution is 0.270. The van der Waals surface area contributed by atoms with Crippen molar-refractivity contribution in [2.75, 3.05) is 39.5 Å². The number of imidazole rings is 1. The number of rotatable bonds is 11. The SMILES string of the molecule is CN(CCCN1CCCC1)Cc1cnc(S(C)(=O)=O)n1CCCc1ccccc1. The molecule has 0 aliphatic carbocycles. The molecule has 6 nitrogen and oxygen atoms in total. The van der Waals surface area contributed by atoms with E-state index in [-0.39, 0.29) is 5.16 Å². The summed E-state index contributed by atoms with van der Waals surface area (Å²) in [6.07, 6.45) is 8.57. The Hall–Kier alpha value is -1.70. The molecule has 0 atom stereocenters. The first kappa shape index (κ1) is 22.0. The van der Waals surface area contributed by atoms with Gasteiger partial charge in [0.1, 0.15) is 0 Å². The summed E-state index contributed by atoms with van der Waals surface area (Å²) in [7, 11) is -1.24. The van der Waals surface area contributed by atoms with E-state index in [9.17, 15) is 8.42 Å². The van der Waals surface area contributed by atoms with Crippen molar-refractivity contribution >= 4 is 9.84 Å². The summed E-state index contributed by atoms with van der Waals surface area (Å²) >= 11 is 0. The van der Waals surface area contributed by atoms with Gasteiger partial charge in [0.25, 0.3) is 0 Å². The Morgan fingerprint density at radius 1 is 1.07 bits per heavy atom. The molecule has 7 heteroatoms. The van der Waals surface area contributed by atoms with Crippen molar-refractivity contribution in [3.05, 3.63) is 47.8 Å². The van der Waals surface area contributed by atoms with Crippen molar-refractivity contribution in [2.24, 2.45) is 0 Å². The Kier molecular flexibility index (Phi) is 7.86. The summed E-state index contributed by atoms with van der Waals surface area (Å²) in [5.74, 6) is 0. The highest BCUT2D eigenvalue weighted by molar-refractivity contribution is 7.90. The third kappa shape index (κ3) is 6.66. The number of benzene rings is 1. The molecule has 0 radical (unpaired) electrons. The Morgan fingerprint density at radius 2 is 1.79 bits per heavy atom. The molecule has 0 amide bonds. The fourth-order valence-corrected chi connectivity index (χ4v) is 4.92. The molecule has 2 heterocycles. The fourth-order valence-electron chi connectivity index (χ4n) is 4.07. The van der Waals surface area contributed by atoms with Gasteiger partial charge in [0.15, 0.2) is 0 Å². The quantitative estimate of drug-likeness (QED) is 0.562. The molecule has 1 saturated heterocycles. The van der Waals surface area contributed by atoms with Crippen LogP contribution in [-0.4, -0.2) is 67.3 Å². The molecule has 1 aromatic carbocycles. The van der Waals surface area contributed by atoms with Gasteiger partial charge in [0, 0.05) is 19.3 Å². The zero-order chi connectivity index (χ0) is 20.7. The zero-order valence-corrected chi connectivity index (χ0v) is 18.6. The molecule has 2 aromatic rings. The van der Waals surface area contributed by atoms with Crippen LogP contribution in [0.4, 0.5) is 0 Å². The van der Waals surface area contributed by atoms with Gasteiger partial charge in [-0.2, -0.15) is 0 Å². The molecule has 0 bridgehead atoms. The lowest BCUT2D eigenvalue weighted by Crippen LogP contribution is -2.27. The van der Waals surface area contributed by atoms with Crippen molar-refractivity contribution in [1.82, 2.24) is 19.4 Å². The van der Waals surface area contributed by atoms with E-state index in [4.69, 9.17) is 0 Å². The first-order valence-corrected chi connectivity index (χ1v) is 12.5. The van der Waals surface area contributed by atoms with Gasteiger partial charge in [-0.1, -0.05) is 30.3 Å². The average Bonchev–Trinajstić information content (AvgIpc) is 3.33. The molecular formula is C22H34N4O2S. The van der Waals surface area contributed by atoms with Gasteiger partial charge in [-0.15, -0.1) is 0 Å². The largest absolute Gasteiger partial charge is 0.318 e. The first-order valence-electron chi connectivity index (χ1n) is 10.6. The minimum Gasteiger partial charge on any atom is -0.318 e. The van der Waals surface area contributed by atoms with E-state index >= 15 is 0 Å². The van der Waals surface area contributed by atoms with Crippen molar-refractivity contribution < 1.29 is 8.42 Å². The molecule has 1 aromatic heterocycles. The molecular weight excluding hydrogens is 384 g/mol. The average molecular weight is 419 g/mol. The molecule has 3 rings (SSSR count). The highest BCUT2D eigenvalue weighted by Crippen LogP contribution is 2.16. The summed E-state index contributed by atoms with van der Waals surface area (Å²) in [6.45, 7) is 5.99. The van der Waals surface area contributed by atoms with E-state index < -0.39 is 9.84 Å². The molecule has 1 fully saturated rings. The number of hydrogen-bond donors (Lipinski definition) is 0. The lowest BCUT2D eigenvalue weighted by Gasteiger charge is -2.20. The standard InChI is InChI=1S/C22H34N4O2S/c1-24(13-9-16-25-14-6-7-15-25)19-21-18-23-22(29(2,27)28)26(21)17-8-12-20-10-4-3-5-11-20/h3-5,10-11,18H,6-9,12-17,19H2,1-2H3. The number of sulfone groups is 1. The number of aryl methyl sites for hydroxylation is 1. The maximum absolute atomic E-state index is 12.2. The van der Waals surface area contributed by atoms with Crippen LogP contribution >= 0.6 is 0 Å². The summed E-state index contributed by atoms with van der Waals surface area (Å²) in [4.78, 5) is 9.05. The smallest absolute Gasteiger partial charge is 0.227 e. The highest BCUT2D eigenvalue weighted by Gasteiger charge is 2.19. The van der Waals surface area contributed by atoms with Gasteiger partial charge >= 0.3 is 0 Å². The number of aromatic nitrogens is 2. The van der Waals surface area contributed by atoms with Gasteiger partial charge < -0.3 is 14.4 Å². The van der Waals surface area contributed by atoms with Gasteiger partial charge in [-0.25, -0.2) is 13.4 Å². The van der Waals surface area contributed by atoms with Crippen LogP contribution in [0.25, 0.3) is 0 Å². The van der Waals surface area contributed by atoms with Crippen LogP contribution in [0.2, 0.25) is 0 Å². The Morgan fingerprint density at radius 3 is 2.48 bits per heavy atom. The van der Waals surface area contributed by atoms with Crippen LogP contribution in [-0.2, 0) is 29.3 Å². The molecule has 29 heavy (non-hydrogen) atoms. The van der Waals surface area contributed by atoms with Crippen LogP contribution in [0, 0.1) is 0 Å². The van der Waals surface area contributed by atoms with Crippen LogP contribution < -0.4 is 0 Å². The van der Waals surface area contributed by atoms with Crippen LogP contribution in [0.15, 0.2) is 41.7 Å². The maximum Gasteiger partial charge on any atom is 0.227 e. The second kappa shape index (κ2) is 10.4. The van der Waals surface area contributed by atoms with Crippen LogP contribution in [0.3, 0.4) is 0 Å². The van der Waals surface area contributed by atoms with E-state index in [2.05, 4.69) is 34.0 Å². The van der Waals surface area contributed by atoms with Gasteiger partial charge in [0.05, 0.1) is 11.9 Å². The minimum atomic E-state index is -3.34. The van der Waals surface area contributed by atoms with Crippen molar-refractivity contribution in [3.8, 4) is 0 Å². The topological polar surface area (TPSA) is 58.4 Å².